The second-order valence-corrected chi connectivity index (χ2v) is 9.46. The molecule has 1 aliphatic carbocycles. The van der Waals surface area contributed by atoms with E-state index in [1.807, 2.05) is 24.3 Å². The van der Waals surface area contributed by atoms with Gasteiger partial charge in [0.2, 0.25) is 0 Å². The highest BCUT2D eigenvalue weighted by molar-refractivity contribution is 7.98. The number of aryl methyl sites for hydroxylation is 2. The van der Waals surface area contributed by atoms with Gasteiger partial charge in [-0.3, -0.25) is 4.79 Å². The summed E-state index contributed by atoms with van der Waals surface area (Å²) in [7, 11) is 1.38. The van der Waals surface area contributed by atoms with Crippen LogP contribution < -0.4 is 5.32 Å². The maximum atomic E-state index is 12.8. The van der Waals surface area contributed by atoms with Crippen LogP contribution in [-0.4, -0.2) is 19.0 Å². The Morgan fingerprint density at radius 2 is 1.80 bits per heavy atom. The van der Waals surface area contributed by atoms with Crippen LogP contribution in [0.2, 0.25) is 0 Å². The monoisotopic (exact) mass is 437 g/mol. The predicted octanol–water partition coefficient (Wildman–Crippen LogP) is 5.88. The van der Waals surface area contributed by atoms with Gasteiger partial charge in [-0.05, 0) is 61.6 Å². The molecule has 0 spiro atoms. The fourth-order valence-electron chi connectivity index (χ4n) is 3.54. The second kappa shape index (κ2) is 9.06. The Labute approximate surface area is 184 Å². The molecule has 4 nitrogen and oxygen atoms in total. The molecule has 0 aliphatic heterocycles. The third kappa shape index (κ3) is 4.45. The van der Waals surface area contributed by atoms with Crippen molar-refractivity contribution < 1.29 is 14.3 Å². The number of hydrogen-bond acceptors (Lipinski definition) is 5. The van der Waals surface area contributed by atoms with E-state index in [0.29, 0.717) is 16.1 Å². The topological polar surface area (TPSA) is 55.4 Å². The first-order valence-electron chi connectivity index (χ1n) is 9.88. The van der Waals surface area contributed by atoms with Gasteiger partial charge in [-0.25, -0.2) is 4.79 Å². The van der Waals surface area contributed by atoms with E-state index < -0.39 is 0 Å². The fraction of sp³-hybridized carbons (Fsp3) is 0.250. The quantitative estimate of drug-likeness (QED) is 0.387. The van der Waals surface area contributed by atoms with Gasteiger partial charge < -0.3 is 10.1 Å². The van der Waals surface area contributed by atoms with Crippen molar-refractivity contribution in [1.82, 2.24) is 0 Å². The lowest BCUT2D eigenvalue weighted by molar-refractivity contribution is 0.0601. The molecule has 2 aromatic carbocycles. The number of rotatable bonds is 6. The van der Waals surface area contributed by atoms with Crippen LogP contribution in [-0.2, 0) is 23.3 Å². The van der Waals surface area contributed by atoms with Gasteiger partial charge in [-0.15, -0.1) is 23.1 Å². The molecule has 0 saturated heterocycles. The molecule has 30 heavy (non-hydrogen) atoms. The van der Waals surface area contributed by atoms with E-state index in [2.05, 4.69) is 36.5 Å². The number of methoxy groups -OCH3 is 1. The Hall–Kier alpha value is -2.57. The molecule has 0 fully saturated rings. The summed E-state index contributed by atoms with van der Waals surface area (Å²) in [5.74, 6) is 0.251. The first kappa shape index (κ1) is 20.7. The van der Waals surface area contributed by atoms with Crippen molar-refractivity contribution in [3.63, 3.8) is 0 Å². The van der Waals surface area contributed by atoms with Crippen LogP contribution in [0.1, 0.15) is 48.7 Å². The van der Waals surface area contributed by atoms with Crippen LogP contribution in [0.25, 0.3) is 0 Å². The van der Waals surface area contributed by atoms with E-state index >= 15 is 0 Å². The summed E-state index contributed by atoms with van der Waals surface area (Å²) < 4.78 is 4.95. The molecule has 4 rings (SSSR count). The number of thiophene rings is 1. The zero-order valence-electron chi connectivity index (χ0n) is 17.0. The smallest absolute Gasteiger partial charge is 0.341 e. The maximum absolute atomic E-state index is 12.8. The van der Waals surface area contributed by atoms with Crippen molar-refractivity contribution in [3.8, 4) is 0 Å². The molecule has 0 atom stereocenters. The predicted molar refractivity (Wildman–Crippen MR) is 123 cm³/mol. The van der Waals surface area contributed by atoms with Gasteiger partial charge in [0.25, 0.3) is 5.91 Å². The van der Waals surface area contributed by atoms with Gasteiger partial charge in [0.15, 0.2) is 0 Å². The van der Waals surface area contributed by atoms with Crippen molar-refractivity contribution in [3.05, 3.63) is 81.2 Å². The Balaban J connectivity index is 1.43. The lowest BCUT2D eigenvalue weighted by Gasteiger charge is -2.08. The number of benzene rings is 2. The fourth-order valence-corrected chi connectivity index (χ4v) is 5.67. The van der Waals surface area contributed by atoms with Crippen molar-refractivity contribution >= 4 is 40.0 Å². The molecule has 0 bridgehead atoms. The molecule has 1 N–H and O–H groups in total. The summed E-state index contributed by atoms with van der Waals surface area (Å²) in [6, 6.07) is 16.1. The number of esters is 1. The third-order valence-corrected chi connectivity index (χ3v) is 7.47. The number of anilines is 1. The summed E-state index contributed by atoms with van der Waals surface area (Å²) in [5, 5.41) is 3.52. The van der Waals surface area contributed by atoms with E-state index in [-0.39, 0.29) is 11.9 Å². The average Bonchev–Trinajstić information content (AvgIpc) is 3.34. The van der Waals surface area contributed by atoms with Gasteiger partial charge in [-0.1, -0.05) is 29.8 Å². The van der Waals surface area contributed by atoms with Gasteiger partial charge >= 0.3 is 5.97 Å². The molecule has 1 aliphatic rings. The number of ether oxygens (including phenoxy) is 1. The molecular weight excluding hydrogens is 414 g/mol. The molecule has 154 valence electrons. The Morgan fingerprint density at radius 1 is 1.07 bits per heavy atom. The van der Waals surface area contributed by atoms with E-state index in [9.17, 15) is 9.59 Å². The summed E-state index contributed by atoms with van der Waals surface area (Å²) in [6.45, 7) is 2.08. The lowest BCUT2D eigenvalue weighted by Crippen LogP contribution is -2.14. The zero-order valence-corrected chi connectivity index (χ0v) is 18.6. The Morgan fingerprint density at radius 3 is 2.50 bits per heavy atom. The van der Waals surface area contributed by atoms with E-state index in [0.717, 1.165) is 36.1 Å². The summed E-state index contributed by atoms with van der Waals surface area (Å²) >= 11 is 3.26. The molecule has 3 aromatic rings. The highest BCUT2D eigenvalue weighted by atomic mass is 32.2. The van der Waals surface area contributed by atoms with Crippen LogP contribution in [0.5, 0.6) is 0 Å². The van der Waals surface area contributed by atoms with Gasteiger partial charge in [0.05, 0.1) is 12.7 Å². The van der Waals surface area contributed by atoms with Crippen molar-refractivity contribution in [2.75, 3.05) is 12.4 Å². The molecule has 1 amide bonds. The highest BCUT2D eigenvalue weighted by Crippen LogP contribution is 2.39. The summed E-state index contributed by atoms with van der Waals surface area (Å²) in [4.78, 5) is 27.4. The second-order valence-electron chi connectivity index (χ2n) is 7.31. The number of thioether (sulfide) groups is 1. The molecule has 0 saturated carbocycles. The molecule has 0 radical (unpaired) electrons. The molecule has 1 aromatic heterocycles. The number of amides is 1. The third-order valence-electron chi connectivity index (χ3n) is 5.18. The van der Waals surface area contributed by atoms with E-state index in [1.54, 1.807) is 11.8 Å². The van der Waals surface area contributed by atoms with Crippen LogP contribution in [0.3, 0.4) is 0 Å². The van der Waals surface area contributed by atoms with Gasteiger partial charge in [0, 0.05) is 21.1 Å². The Bertz CT molecular complexity index is 1070. The molecule has 6 heteroatoms. The van der Waals surface area contributed by atoms with Crippen molar-refractivity contribution in [1.29, 1.82) is 0 Å². The summed E-state index contributed by atoms with van der Waals surface area (Å²) in [6.07, 6.45) is 2.86. The SMILES string of the molecule is COC(=O)c1c(NC(=O)c2ccc(CSc3ccc(C)cc3)cc2)sc2c1CCC2. The van der Waals surface area contributed by atoms with Crippen LogP contribution >= 0.6 is 23.1 Å². The minimum absolute atomic E-state index is 0.210. The lowest BCUT2D eigenvalue weighted by atomic mass is 10.1. The van der Waals surface area contributed by atoms with Crippen LogP contribution in [0, 0.1) is 6.92 Å². The first-order chi connectivity index (χ1) is 14.5. The number of nitrogens with one attached hydrogen (secondary N) is 1. The normalized spacial score (nSPS) is 12.5. The molecule has 0 unspecified atom stereocenters. The minimum atomic E-state index is -0.381. The zero-order chi connectivity index (χ0) is 21.1. The van der Waals surface area contributed by atoms with Crippen LogP contribution in [0.15, 0.2) is 53.4 Å². The number of fused-ring (bicyclic) bond motifs is 1. The Kier molecular flexibility index (Phi) is 6.25. The standard InChI is InChI=1S/C24H23NO3S2/c1-15-6-12-18(13-7-15)29-14-16-8-10-17(11-9-16)22(26)25-23-21(24(27)28-2)19-4-3-5-20(19)30-23/h6-13H,3-5,14H2,1-2H3,(H,25,26). The van der Waals surface area contributed by atoms with Crippen molar-refractivity contribution in [2.24, 2.45) is 0 Å². The van der Waals surface area contributed by atoms with E-state index in [4.69, 9.17) is 4.74 Å². The number of carbonyl (C=O) groups is 2. The average molecular weight is 438 g/mol. The molecule has 1 heterocycles. The highest BCUT2D eigenvalue weighted by Gasteiger charge is 2.28. The van der Waals surface area contributed by atoms with Crippen LogP contribution in [0.4, 0.5) is 5.00 Å². The maximum Gasteiger partial charge on any atom is 0.341 e. The van der Waals surface area contributed by atoms with Gasteiger partial charge in [0.1, 0.15) is 5.00 Å². The number of carbonyl (C=O) groups excluding carboxylic acids is 2. The largest absolute Gasteiger partial charge is 0.465 e. The van der Waals surface area contributed by atoms with Crippen molar-refractivity contribution in [2.45, 2.75) is 36.8 Å². The minimum Gasteiger partial charge on any atom is -0.465 e. The first-order valence-corrected chi connectivity index (χ1v) is 11.7. The summed E-state index contributed by atoms with van der Waals surface area (Å²) in [5.41, 5.74) is 4.53. The van der Waals surface area contributed by atoms with Gasteiger partial charge in [-0.2, -0.15) is 0 Å². The molecular formula is C24H23NO3S2. The number of hydrogen-bond donors (Lipinski definition) is 1. The van der Waals surface area contributed by atoms with E-state index in [1.165, 1.54) is 33.8 Å².